The second kappa shape index (κ2) is 6.61. The van der Waals surface area contributed by atoms with Crippen molar-refractivity contribution in [2.75, 3.05) is 12.4 Å². The van der Waals surface area contributed by atoms with Gasteiger partial charge in [-0.1, -0.05) is 37.3 Å². The minimum atomic E-state index is -1.07. The lowest BCUT2D eigenvalue weighted by atomic mass is 9.91. The van der Waals surface area contributed by atoms with E-state index >= 15 is 0 Å². The number of nitrogens with one attached hydrogen (secondary N) is 1. The summed E-state index contributed by atoms with van der Waals surface area (Å²) >= 11 is 1.48. The Morgan fingerprint density at radius 3 is 2.60 bits per heavy atom. The smallest absolute Gasteiger partial charge is 0.329 e. The maximum Gasteiger partial charge on any atom is 0.329 e. The normalized spacial score (nSPS) is 19.3. The van der Waals surface area contributed by atoms with E-state index in [1.165, 1.54) is 11.8 Å². The molecule has 0 radical (unpaired) electrons. The van der Waals surface area contributed by atoms with Crippen molar-refractivity contribution in [3.05, 3.63) is 35.9 Å². The van der Waals surface area contributed by atoms with Crippen LogP contribution in [0.25, 0.3) is 0 Å². The first kappa shape index (κ1) is 15.4. The maximum atomic E-state index is 11.9. The SMILES string of the molecule is CC(CO)SCC(NC1CC1)(C(=O)O)c1ccccc1. The Hall–Kier alpha value is -1.04. The van der Waals surface area contributed by atoms with Crippen molar-refractivity contribution in [3.8, 4) is 0 Å². The van der Waals surface area contributed by atoms with Crippen LogP contribution in [-0.2, 0) is 10.3 Å². The summed E-state index contributed by atoms with van der Waals surface area (Å²) < 4.78 is 0. The van der Waals surface area contributed by atoms with Crippen LogP contribution in [0.4, 0.5) is 0 Å². The van der Waals surface area contributed by atoms with E-state index in [9.17, 15) is 9.90 Å². The molecule has 2 atom stereocenters. The van der Waals surface area contributed by atoms with Crippen LogP contribution < -0.4 is 5.32 Å². The van der Waals surface area contributed by atoms with Crippen LogP contribution >= 0.6 is 11.8 Å². The molecular weight excluding hydrogens is 274 g/mol. The summed E-state index contributed by atoms with van der Waals surface area (Å²) in [6, 6.07) is 9.61. The number of carbonyl (C=O) groups is 1. The molecule has 0 bridgehead atoms. The maximum absolute atomic E-state index is 11.9. The minimum Gasteiger partial charge on any atom is -0.480 e. The van der Waals surface area contributed by atoms with Crippen LogP contribution in [0.3, 0.4) is 0 Å². The van der Waals surface area contributed by atoms with Gasteiger partial charge in [-0.3, -0.25) is 5.32 Å². The highest BCUT2D eigenvalue weighted by Gasteiger charge is 2.44. The number of aliphatic hydroxyl groups excluding tert-OH is 1. The minimum absolute atomic E-state index is 0.0263. The average molecular weight is 295 g/mol. The molecule has 20 heavy (non-hydrogen) atoms. The zero-order valence-corrected chi connectivity index (χ0v) is 12.4. The molecule has 2 unspecified atom stereocenters. The Kier molecular flexibility index (Phi) is 5.07. The lowest BCUT2D eigenvalue weighted by molar-refractivity contribution is -0.144. The summed E-state index contributed by atoms with van der Waals surface area (Å²) in [6.07, 6.45) is 2.06. The number of hydrogen-bond acceptors (Lipinski definition) is 4. The summed E-state index contributed by atoms with van der Waals surface area (Å²) in [5, 5.41) is 22.3. The summed E-state index contributed by atoms with van der Waals surface area (Å²) in [5.41, 5.74) is -0.298. The van der Waals surface area contributed by atoms with Crippen LogP contribution in [0.5, 0.6) is 0 Å². The van der Waals surface area contributed by atoms with Gasteiger partial charge >= 0.3 is 5.97 Å². The third kappa shape index (κ3) is 3.53. The van der Waals surface area contributed by atoms with Gasteiger partial charge in [-0.15, -0.1) is 0 Å². The Morgan fingerprint density at radius 1 is 1.45 bits per heavy atom. The van der Waals surface area contributed by atoms with Gasteiger partial charge in [0.2, 0.25) is 0 Å². The Morgan fingerprint density at radius 2 is 2.10 bits per heavy atom. The van der Waals surface area contributed by atoms with E-state index < -0.39 is 11.5 Å². The average Bonchev–Trinajstić information content (AvgIpc) is 3.27. The highest BCUT2D eigenvalue weighted by Crippen LogP contribution is 2.33. The van der Waals surface area contributed by atoms with Crippen molar-refractivity contribution >= 4 is 17.7 Å². The molecule has 3 N–H and O–H groups in total. The number of aliphatic carboxylic acids is 1. The molecule has 1 aromatic carbocycles. The van der Waals surface area contributed by atoms with E-state index in [-0.39, 0.29) is 17.9 Å². The summed E-state index contributed by atoms with van der Waals surface area (Å²) in [4.78, 5) is 11.9. The van der Waals surface area contributed by atoms with Crippen molar-refractivity contribution in [3.63, 3.8) is 0 Å². The molecule has 0 aromatic heterocycles. The lowest BCUT2D eigenvalue weighted by Crippen LogP contribution is -2.52. The first-order valence-electron chi connectivity index (χ1n) is 6.87. The molecular formula is C15H21NO3S. The van der Waals surface area contributed by atoms with Crippen LogP contribution in [-0.4, -0.2) is 39.8 Å². The molecule has 0 amide bonds. The van der Waals surface area contributed by atoms with Gasteiger partial charge in [-0.25, -0.2) is 4.79 Å². The Balaban J connectivity index is 2.26. The zero-order valence-electron chi connectivity index (χ0n) is 11.6. The van der Waals surface area contributed by atoms with E-state index in [2.05, 4.69) is 5.32 Å². The van der Waals surface area contributed by atoms with Gasteiger partial charge in [0.1, 0.15) is 0 Å². The van der Waals surface area contributed by atoms with Crippen LogP contribution in [0, 0.1) is 0 Å². The molecule has 1 saturated carbocycles. The van der Waals surface area contributed by atoms with Crippen molar-refractivity contribution in [1.29, 1.82) is 0 Å². The van der Waals surface area contributed by atoms with Crippen LogP contribution in [0.15, 0.2) is 30.3 Å². The second-order valence-corrected chi connectivity index (χ2v) is 6.73. The number of carboxylic acids is 1. The zero-order chi connectivity index (χ0) is 14.6. The standard InChI is InChI=1S/C15H21NO3S/c1-11(9-17)20-10-15(14(18)19,16-13-7-8-13)12-5-3-2-4-6-12/h2-6,11,13,16-17H,7-10H2,1H3,(H,18,19). The number of thioether (sulfide) groups is 1. The summed E-state index contributed by atoms with van der Waals surface area (Å²) in [5.74, 6) is -0.446. The van der Waals surface area contributed by atoms with Gasteiger partial charge in [0.25, 0.3) is 0 Å². The van der Waals surface area contributed by atoms with Crippen LogP contribution in [0.1, 0.15) is 25.3 Å². The van der Waals surface area contributed by atoms with Gasteiger partial charge in [-0.2, -0.15) is 11.8 Å². The molecule has 0 aliphatic heterocycles. The van der Waals surface area contributed by atoms with Gasteiger partial charge in [0, 0.05) is 17.0 Å². The van der Waals surface area contributed by atoms with E-state index in [1.807, 2.05) is 37.3 Å². The van der Waals surface area contributed by atoms with Gasteiger partial charge < -0.3 is 10.2 Å². The van der Waals surface area contributed by atoms with Gasteiger partial charge in [-0.05, 0) is 18.4 Å². The quantitative estimate of drug-likeness (QED) is 0.682. The second-order valence-electron chi connectivity index (χ2n) is 5.30. The van der Waals surface area contributed by atoms with Crippen LogP contribution in [0.2, 0.25) is 0 Å². The largest absolute Gasteiger partial charge is 0.480 e. The first-order valence-corrected chi connectivity index (χ1v) is 7.92. The number of aliphatic hydroxyl groups is 1. The molecule has 0 heterocycles. The molecule has 1 aliphatic rings. The molecule has 110 valence electrons. The van der Waals surface area contributed by atoms with E-state index in [4.69, 9.17) is 5.11 Å². The van der Waals surface area contributed by atoms with Gasteiger partial charge in [0.05, 0.1) is 6.61 Å². The van der Waals surface area contributed by atoms with Gasteiger partial charge in [0.15, 0.2) is 5.54 Å². The number of hydrogen-bond donors (Lipinski definition) is 3. The fourth-order valence-electron chi connectivity index (χ4n) is 2.07. The van der Waals surface area contributed by atoms with Crippen molar-refractivity contribution < 1.29 is 15.0 Å². The fourth-order valence-corrected chi connectivity index (χ4v) is 3.09. The highest BCUT2D eigenvalue weighted by molar-refractivity contribution is 8.00. The highest BCUT2D eigenvalue weighted by atomic mass is 32.2. The molecule has 1 fully saturated rings. The Bertz CT molecular complexity index is 450. The predicted molar refractivity (Wildman–Crippen MR) is 80.9 cm³/mol. The first-order chi connectivity index (χ1) is 9.58. The molecule has 2 rings (SSSR count). The van der Waals surface area contributed by atoms with E-state index in [1.54, 1.807) is 0 Å². The molecule has 5 heteroatoms. The number of rotatable bonds is 8. The third-order valence-corrected chi connectivity index (χ3v) is 4.82. The van der Waals surface area contributed by atoms with Crippen molar-refractivity contribution in [1.82, 2.24) is 5.32 Å². The molecule has 0 spiro atoms. The monoisotopic (exact) mass is 295 g/mol. The Labute approximate surface area is 123 Å². The lowest BCUT2D eigenvalue weighted by Gasteiger charge is -2.32. The fraction of sp³-hybridized carbons (Fsp3) is 0.533. The van der Waals surface area contributed by atoms with E-state index in [0.717, 1.165) is 18.4 Å². The predicted octanol–water partition coefficient (Wildman–Crippen LogP) is 1.83. The van der Waals surface area contributed by atoms with E-state index in [0.29, 0.717) is 5.75 Å². The van der Waals surface area contributed by atoms with Crippen molar-refractivity contribution in [2.45, 2.75) is 36.6 Å². The molecule has 1 aromatic rings. The number of benzene rings is 1. The molecule has 4 nitrogen and oxygen atoms in total. The summed E-state index contributed by atoms with van der Waals surface area (Å²) in [6.45, 7) is 1.96. The number of carboxylic acid groups (broad SMARTS) is 1. The molecule has 0 saturated heterocycles. The van der Waals surface area contributed by atoms with Crippen molar-refractivity contribution in [2.24, 2.45) is 0 Å². The third-order valence-electron chi connectivity index (χ3n) is 3.50. The molecule has 1 aliphatic carbocycles. The topological polar surface area (TPSA) is 69.6 Å². The summed E-state index contributed by atoms with van der Waals surface area (Å²) in [7, 11) is 0.